The van der Waals surface area contributed by atoms with Crippen LogP contribution in [0, 0.1) is 11.7 Å². The Kier molecular flexibility index (Phi) is 6.13. The second-order valence-corrected chi connectivity index (χ2v) is 10.1. The molecule has 0 bridgehead atoms. The molecule has 0 aliphatic carbocycles. The highest BCUT2D eigenvalue weighted by molar-refractivity contribution is 7.89. The van der Waals surface area contributed by atoms with Gasteiger partial charge in [-0.3, -0.25) is 4.79 Å². The molecule has 162 valence electrons. The van der Waals surface area contributed by atoms with E-state index in [9.17, 15) is 17.6 Å². The van der Waals surface area contributed by atoms with Crippen LogP contribution in [-0.2, 0) is 34.3 Å². The predicted octanol–water partition coefficient (Wildman–Crippen LogP) is 2.73. The van der Waals surface area contributed by atoms with Crippen LogP contribution in [0.5, 0.6) is 0 Å². The summed E-state index contributed by atoms with van der Waals surface area (Å²) in [6, 6.07) is 3.37. The monoisotopic (exact) mass is 454 g/mol. The number of nitrogens with zero attached hydrogens (tertiary/aromatic N) is 3. The Morgan fingerprint density at radius 3 is 2.70 bits per heavy atom. The van der Waals surface area contributed by atoms with E-state index < -0.39 is 15.8 Å². The first-order valence-electron chi connectivity index (χ1n) is 10.1. The van der Waals surface area contributed by atoms with E-state index in [-0.39, 0.29) is 34.8 Å². The summed E-state index contributed by atoms with van der Waals surface area (Å²) >= 11 is 5.72. The lowest BCUT2D eigenvalue weighted by molar-refractivity contribution is -0.126. The zero-order valence-electron chi connectivity index (χ0n) is 16.5. The van der Waals surface area contributed by atoms with Gasteiger partial charge in [-0.25, -0.2) is 17.8 Å². The lowest BCUT2D eigenvalue weighted by atomic mass is 9.97. The maximum atomic E-state index is 13.3. The van der Waals surface area contributed by atoms with E-state index in [1.165, 1.54) is 10.4 Å². The molecule has 2 aliphatic rings. The van der Waals surface area contributed by atoms with Crippen LogP contribution in [0.15, 0.2) is 29.3 Å². The fraction of sp³-hybridized carbons (Fsp3) is 0.500. The maximum absolute atomic E-state index is 13.3. The van der Waals surface area contributed by atoms with Crippen LogP contribution < -0.4 is 5.32 Å². The molecule has 3 heterocycles. The standard InChI is InChI=1S/C20H24ClFN4O3S/c21-17-11-16(4-5-18(17)22)30(28,29)26-9-6-14(7-10-26)20(27)23-12-15-13-25-8-2-1-3-19(25)24-15/h4-5,11,13-14H,1-3,6-10,12H2,(H,23,27). The Balaban J connectivity index is 1.31. The van der Waals surface area contributed by atoms with Crippen molar-refractivity contribution >= 4 is 27.5 Å². The average Bonchev–Trinajstić information content (AvgIpc) is 3.17. The third-order valence-corrected chi connectivity index (χ3v) is 7.94. The van der Waals surface area contributed by atoms with Gasteiger partial charge in [0.25, 0.3) is 0 Å². The summed E-state index contributed by atoms with van der Waals surface area (Å²) in [5, 5.41) is 2.70. The van der Waals surface area contributed by atoms with Crippen LogP contribution in [0.4, 0.5) is 4.39 Å². The highest BCUT2D eigenvalue weighted by Gasteiger charge is 2.32. The molecule has 1 aromatic carbocycles. The summed E-state index contributed by atoms with van der Waals surface area (Å²) in [7, 11) is -3.77. The summed E-state index contributed by atoms with van der Waals surface area (Å²) in [5.41, 5.74) is 0.855. The molecule has 10 heteroatoms. The molecule has 1 amide bonds. The normalized spacial score (nSPS) is 18.2. The van der Waals surface area contributed by atoms with E-state index in [2.05, 4.69) is 14.9 Å². The molecule has 4 rings (SSSR count). The number of aromatic nitrogens is 2. The first-order valence-corrected chi connectivity index (χ1v) is 11.9. The molecule has 2 aromatic rings. The van der Waals surface area contributed by atoms with Gasteiger partial charge in [0, 0.05) is 38.2 Å². The van der Waals surface area contributed by atoms with Gasteiger partial charge < -0.3 is 9.88 Å². The van der Waals surface area contributed by atoms with Crippen LogP contribution in [0.2, 0.25) is 5.02 Å². The molecule has 1 saturated heterocycles. The highest BCUT2D eigenvalue weighted by atomic mass is 35.5. The zero-order chi connectivity index (χ0) is 21.3. The van der Waals surface area contributed by atoms with Crippen LogP contribution in [-0.4, -0.2) is 41.3 Å². The van der Waals surface area contributed by atoms with Crippen molar-refractivity contribution < 1.29 is 17.6 Å². The largest absolute Gasteiger partial charge is 0.350 e. The van der Waals surface area contributed by atoms with E-state index in [1.807, 2.05) is 6.20 Å². The summed E-state index contributed by atoms with van der Waals surface area (Å²) in [6.45, 7) is 1.82. The quantitative estimate of drug-likeness (QED) is 0.752. The molecule has 0 spiro atoms. The first kappa shape index (κ1) is 21.3. The number of hydrogen-bond donors (Lipinski definition) is 1. The maximum Gasteiger partial charge on any atom is 0.243 e. The van der Waals surface area contributed by atoms with Crippen LogP contribution in [0.1, 0.15) is 37.2 Å². The molecule has 1 aromatic heterocycles. The van der Waals surface area contributed by atoms with Gasteiger partial charge in [0.05, 0.1) is 22.2 Å². The van der Waals surface area contributed by atoms with Crippen molar-refractivity contribution in [2.45, 2.75) is 50.1 Å². The van der Waals surface area contributed by atoms with Crippen molar-refractivity contribution in [2.24, 2.45) is 5.92 Å². The van der Waals surface area contributed by atoms with Gasteiger partial charge in [-0.15, -0.1) is 0 Å². The average molecular weight is 455 g/mol. The van der Waals surface area contributed by atoms with Crippen molar-refractivity contribution in [3.05, 3.63) is 46.8 Å². The number of sulfonamides is 1. The van der Waals surface area contributed by atoms with E-state index in [0.717, 1.165) is 49.5 Å². The van der Waals surface area contributed by atoms with Gasteiger partial charge in [-0.2, -0.15) is 4.31 Å². The van der Waals surface area contributed by atoms with Crippen molar-refractivity contribution in [1.82, 2.24) is 19.2 Å². The number of piperidine rings is 1. The summed E-state index contributed by atoms with van der Waals surface area (Å²) in [6.07, 6.45) is 6.13. The van der Waals surface area contributed by atoms with E-state index >= 15 is 0 Å². The molecular formula is C20H24ClFN4O3S. The van der Waals surface area contributed by atoms with Crippen LogP contribution in [0.25, 0.3) is 0 Å². The summed E-state index contributed by atoms with van der Waals surface area (Å²) in [5.74, 6) is 0.0859. The van der Waals surface area contributed by atoms with Crippen LogP contribution >= 0.6 is 11.6 Å². The summed E-state index contributed by atoms with van der Waals surface area (Å²) in [4.78, 5) is 17.1. The Morgan fingerprint density at radius 1 is 1.23 bits per heavy atom. The number of fused-ring (bicyclic) bond motifs is 1. The summed E-state index contributed by atoms with van der Waals surface area (Å²) < 4.78 is 42.3. The molecule has 0 unspecified atom stereocenters. The molecule has 1 fully saturated rings. The first-order chi connectivity index (χ1) is 14.3. The molecule has 7 nitrogen and oxygen atoms in total. The van der Waals surface area contributed by atoms with Gasteiger partial charge in [0.15, 0.2) is 0 Å². The number of imidazole rings is 1. The minimum atomic E-state index is -3.77. The minimum Gasteiger partial charge on any atom is -0.350 e. The van der Waals surface area contributed by atoms with Gasteiger partial charge >= 0.3 is 0 Å². The van der Waals surface area contributed by atoms with Crippen LogP contribution in [0.3, 0.4) is 0 Å². The Bertz CT molecular complexity index is 1020. The SMILES string of the molecule is O=C(NCc1cn2c(n1)CCCC2)C1CCN(S(=O)(=O)c2ccc(F)c(Cl)c2)CC1. The van der Waals surface area contributed by atoms with E-state index in [1.54, 1.807) is 0 Å². The number of benzene rings is 1. The number of carbonyl (C=O) groups excluding carboxylic acids is 1. The highest BCUT2D eigenvalue weighted by Crippen LogP contribution is 2.26. The van der Waals surface area contributed by atoms with Crippen molar-refractivity contribution in [3.63, 3.8) is 0 Å². The third-order valence-electron chi connectivity index (χ3n) is 5.76. The Morgan fingerprint density at radius 2 is 2.00 bits per heavy atom. The molecule has 0 atom stereocenters. The number of halogens is 2. The third kappa shape index (κ3) is 4.38. The minimum absolute atomic E-state index is 0.0412. The second-order valence-electron chi connectivity index (χ2n) is 7.77. The van der Waals surface area contributed by atoms with Crippen molar-refractivity contribution in [1.29, 1.82) is 0 Å². The fourth-order valence-corrected chi connectivity index (χ4v) is 5.77. The molecule has 1 N–H and O–H groups in total. The van der Waals surface area contributed by atoms with Gasteiger partial charge in [-0.1, -0.05) is 11.6 Å². The molecular weight excluding hydrogens is 431 g/mol. The Labute approximate surface area is 180 Å². The van der Waals surface area contributed by atoms with E-state index in [4.69, 9.17) is 11.6 Å². The topological polar surface area (TPSA) is 84.3 Å². The number of rotatable bonds is 5. The number of nitrogens with one attached hydrogen (secondary N) is 1. The molecule has 2 aliphatic heterocycles. The Hall–Kier alpha value is -1.97. The molecule has 30 heavy (non-hydrogen) atoms. The lowest BCUT2D eigenvalue weighted by Crippen LogP contribution is -2.42. The smallest absolute Gasteiger partial charge is 0.243 e. The molecule has 0 radical (unpaired) electrons. The second kappa shape index (κ2) is 8.64. The zero-order valence-corrected chi connectivity index (χ0v) is 18.1. The van der Waals surface area contributed by atoms with Gasteiger partial charge in [0.1, 0.15) is 11.6 Å². The van der Waals surface area contributed by atoms with Crippen molar-refractivity contribution in [3.8, 4) is 0 Å². The predicted molar refractivity (Wildman–Crippen MR) is 110 cm³/mol. The van der Waals surface area contributed by atoms with E-state index in [0.29, 0.717) is 19.4 Å². The number of amides is 1. The van der Waals surface area contributed by atoms with Gasteiger partial charge in [0.2, 0.25) is 15.9 Å². The number of carbonyl (C=O) groups is 1. The molecule has 0 saturated carbocycles. The number of hydrogen-bond acceptors (Lipinski definition) is 4. The number of aryl methyl sites for hydroxylation is 2. The van der Waals surface area contributed by atoms with Gasteiger partial charge in [-0.05, 0) is 43.9 Å². The van der Waals surface area contributed by atoms with Crippen molar-refractivity contribution in [2.75, 3.05) is 13.1 Å². The fourth-order valence-electron chi connectivity index (χ4n) is 4.02. The lowest BCUT2D eigenvalue weighted by Gasteiger charge is -2.30.